The van der Waals surface area contributed by atoms with Crippen LogP contribution in [0, 0.1) is 0 Å². The van der Waals surface area contributed by atoms with Crippen LogP contribution < -0.4 is 15.0 Å². The molecule has 11 heteroatoms. The average molecular weight is 479 g/mol. The molecule has 2 aromatic rings. The van der Waals surface area contributed by atoms with E-state index in [9.17, 15) is 19.2 Å². The Morgan fingerprint density at radius 2 is 1.91 bits per heavy atom. The molecule has 1 unspecified atom stereocenters. The Kier molecular flexibility index (Phi) is 7.28. The van der Waals surface area contributed by atoms with Gasteiger partial charge in [0.15, 0.2) is 0 Å². The molecule has 3 N–H and O–H groups in total. The van der Waals surface area contributed by atoms with Crippen molar-refractivity contribution in [2.45, 2.75) is 11.7 Å². The molecule has 10 nitrogen and oxygen atoms in total. The van der Waals surface area contributed by atoms with Gasteiger partial charge in [0.05, 0.1) is 14.5 Å². The number of carbonyl (C=O) groups is 4. The number of rotatable bonds is 9. The quantitative estimate of drug-likeness (QED) is 0.458. The molecule has 1 atom stereocenters. The van der Waals surface area contributed by atoms with Gasteiger partial charge in [-0.1, -0.05) is 30.0 Å². The number of pyridine rings is 1. The maximum absolute atomic E-state index is 11.7. The van der Waals surface area contributed by atoms with E-state index in [1.54, 1.807) is 24.3 Å². The highest BCUT2D eigenvalue weighted by Crippen LogP contribution is 2.23. The summed E-state index contributed by atoms with van der Waals surface area (Å²) < 4.78 is 44.7. The number of aromatic nitrogens is 1. The number of amides is 2. The molecule has 174 valence electrons. The number of imide groups is 1. The Bertz CT molecular complexity index is 1160. The van der Waals surface area contributed by atoms with Crippen molar-refractivity contribution in [1.82, 2.24) is 10.3 Å². The second-order valence-electron chi connectivity index (χ2n) is 6.26. The van der Waals surface area contributed by atoms with Gasteiger partial charge in [-0.25, -0.2) is 14.6 Å². The highest BCUT2D eigenvalue weighted by Gasteiger charge is 2.31. The average Bonchev–Trinajstić information content (AvgIpc) is 3.14. The van der Waals surface area contributed by atoms with Crippen molar-refractivity contribution in [2.24, 2.45) is 0 Å². The fourth-order valence-electron chi connectivity index (χ4n) is 2.35. The molecule has 1 aliphatic rings. The van der Waals surface area contributed by atoms with E-state index in [-0.39, 0.29) is 22.7 Å². The van der Waals surface area contributed by atoms with Crippen molar-refractivity contribution >= 4 is 40.7 Å². The van der Waals surface area contributed by atoms with Crippen LogP contribution in [0.5, 0.6) is 5.75 Å². The van der Waals surface area contributed by atoms with E-state index < -0.39 is 37.3 Å². The first kappa shape index (κ1) is 18.7. The summed E-state index contributed by atoms with van der Waals surface area (Å²) in [5, 5.41) is 17.0. The Hall–Kier alpha value is -3.86. The van der Waals surface area contributed by atoms with Crippen LogP contribution in [0.25, 0.3) is 0 Å². The number of thioether (sulfide) groups is 1. The lowest BCUT2D eigenvalue weighted by atomic mass is 10.1. The summed E-state index contributed by atoms with van der Waals surface area (Å²) in [5.74, 6) is -2.53. The first-order valence-electron chi connectivity index (χ1n) is 11.8. The largest absolute Gasteiger partial charge is 0.492 e. The summed E-state index contributed by atoms with van der Waals surface area (Å²) in [6.45, 7) is -5.49. The minimum atomic E-state index is -2.61. The van der Waals surface area contributed by atoms with Crippen molar-refractivity contribution in [3.8, 4) is 5.75 Å². The van der Waals surface area contributed by atoms with Crippen LogP contribution in [0.1, 0.15) is 12.4 Å². The highest BCUT2D eigenvalue weighted by atomic mass is 32.2. The van der Waals surface area contributed by atoms with Gasteiger partial charge in [-0.3, -0.25) is 14.9 Å². The van der Waals surface area contributed by atoms with Crippen molar-refractivity contribution in [3.05, 3.63) is 66.4 Å². The number of hydrogen-bond acceptors (Lipinski definition) is 8. The van der Waals surface area contributed by atoms with Crippen molar-refractivity contribution in [3.63, 3.8) is 0 Å². The number of carboxylic acids is 2. The molecule has 0 saturated carbocycles. The van der Waals surface area contributed by atoms with Crippen LogP contribution in [0.2, 0.25) is 0 Å². The van der Waals surface area contributed by atoms with E-state index in [4.69, 9.17) is 21.8 Å². The Labute approximate surface area is 201 Å². The van der Waals surface area contributed by atoms with E-state index >= 15 is 0 Å². The molecule has 0 aliphatic carbocycles. The van der Waals surface area contributed by atoms with Crippen molar-refractivity contribution in [2.75, 3.05) is 25.0 Å². The molecule has 3 rings (SSSR count). The second-order valence-corrected chi connectivity index (χ2v) is 7.44. The van der Waals surface area contributed by atoms with Crippen LogP contribution in [0.4, 0.5) is 10.6 Å². The number of nitrogens with one attached hydrogen (secondary N) is 1. The second kappa shape index (κ2) is 12.9. The fraction of sp³-hybridized carbons (Fsp3) is 0.227. The summed E-state index contributed by atoms with van der Waals surface area (Å²) in [7, 11) is 0. The minimum Gasteiger partial charge on any atom is -0.492 e. The minimum absolute atomic E-state index is 0.113. The summed E-state index contributed by atoms with van der Waals surface area (Å²) in [4.78, 5) is 46.9. The van der Waals surface area contributed by atoms with Gasteiger partial charge in [-0.2, -0.15) is 0 Å². The summed E-state index contributed by atoms with van der Waals surface area (Å²) in [6.07, 6.45) is 2.90. The van der Waals surface area contributed by atoms with Gasteiger partial charge in [0.1, 0.15) is 18.1 Å². The molecule has 1 aromatic heterocycles. The van der Waals surface area contributed by atoms with Crippen molar-refractivity contribution < 1.29 is 41.0 Å². The molecule has 1 fully saturated rings. The van der Waals surface area contributed by atoms with Crippen LogP contribution in [-0.2, 0) is 20.8 Å². The molecule has 33 heavy (non-hydrogen) atoms. The number of benzene rings is 1. The number of carboxylic acid groups (broad SMARTS) is 2. The number of aliphatic carboxylic acids is 2. The first-order chi connectivity index (χ1) is 17.7. The zero-order valence-corrected chi connectivity index (χ0v) is 17.8. The number of hydrogen-bond donors (Lipinski definition) is 3. The molecule has 1 aromatic carbocycles. The number of likely N-dealkylation sites (N-methyl/N-ethyl adjacent to an activating group) is 1. The van der Waals surface area contributed by atoms with Gasteiger partial charge in [-0.05, 0) is 36.2 Å². The monoisotopic (exact) mass is 478 g/mol. The Morgan fingerprint density at radius 1 is 1.21 bits per heavy atom. The fourth-order valence-corrected chi connectivity index (χ4v) is 3.21. The standard InChI is InChI=1S/C18H19N3O3S.C4H4O4/c1-21(16-4-2-3-9-19-16)10-11-24-14-7-5-13(6-8-14)12-15-17(22)20-18(23)25-15;5-3(6)1-2-4(7)8/h2-9,15H,10-12H2,1H3,(H,20,22,23);1-2H,(H,5,6)(H,7,8)/b;2-1+/i1D3,11D2;. The van der Waals surface area contributed by atoms with E-state index in [0.29, 0.717) is 18.6 Å². The Morgan fingerprint density at radius 3 is 2.42 bits per heavy atom. The molecule has 1 aliphatic heterocycles. The molecular weight excluding hydrogens is 450 g/mol. The molecule has 0 spiro atoms. The normalized spacial score (nSPS) is 17.9. The summed E-state index contributed by atoms with van der Waals surface area (Å²) in [6, 6.07) is 11.1. The van der Waals surface area contributed by atoms with Crippen LogP contribution in [0.15, 0.2) is 60.8 Å². The molecule has 0 bridgehead atoms. The van der Waals surface area contributed by atoms with E-state index in [1.807, 2.05) is 0 Å². The van der Waals surface area contributed by atoms with Gasteiger partial charge in [0.2, 0.25) is 5.91 Å². The molecular formula is C22H23N3O7S. The first-order valence-corrected chi connectivity index (χ1v) is 10.2. The van der Waals surface area contributed by atoms with Gasteiger partial charge in [0, 0.05) is 29.4 Å². The zero-order valence-electron chi connectivity index (χ0n) is 22.0. The third-order valence-corrected chi connectivity index (χ3v) is 4.80. The number of ether oxygens (including phenoxy) is 1. The number of anilines is 1. The van der Waals surface area contributed by atoms with E-state index in [1.165, 1.54) is 24.4 Å². The van der Waals surface area contributed by atoms with E-state index in [2.05, 4.69) is 10.3 Å². The van der Waals surface area contributed by atoms with Crippen LogP contribution in [0.3, 0.4) is 0 Å². The maximum Gasteiger partial charge on any atom is 0.328 e. The predicted molar refractivity (Wildman–Crippen MR) is 122 cm³/mol. The third kappa shape index (κ3) is 9.44. The van der Waals surface area contributed by atoms with Crippen LogP contribution >= 0.6 is 11.8 Å². The maximum atomic E-state index is 11.7. The topological polar surface area (TPSA) is 146 Å². The number of carbonyl (C=O) groups excluding carboxylic acids is 2. The van der Waals surface area contributed by atoms with Crippen molar-refractivity contribution in [1.29, 1.82) is 0 Å². The van der Waals surface area contributed by atoms with E-state index in [0.717, 1.165) is 22.2 Å². The SMILES string of the molecule is O=C(O)/C=C/C(=O)O.[2H]C([2H])(CN(c1ccccn1)C([2H])([2H])[2H])Oc1ccc(CC2SC(=O)NC2=O)cc1. The Balaban J connectivity index is 0.000000550. The van der Waals surface area contributed by atoms with Crippen LogP contribution in [-0.4, -0.2) is 63.6 Å². The number of nitrogens with zero attached hydrogens (tertiary/aromatic N) is 2. The lowest BCUT2D eigenvalue weighted by Gasteiger charge is -2.18. The van der Waals surface area contributed by atoms with Gasteiger partial charge in [0.25, 0.3) is 5.24 Å². The smallest absolute Gasteiger partial charge is 0.328 e. The third-order valence-electron chi connectivity index (χ3n) is 3.82. The van der Waals surface area contributed by atoms with Gasteiger partial charge < -0.3 is 19.8 Å². The molecule has 1 saturated heterocycles. The highest BCUT2D eigenvalue weighted by molar-refractivity contribution is 8.15. The molecule has 0 radical (unpaired) electrons. The predicted octanol–water partition coefficient (Wildman–Crippen LogP) is 2.20. The summed E-state index contributed by atoms with van der Waals surface area (Å²) >= 11 is 0.934. The zero-order chi connectivity index (χ0) is 28.5. The summed E-state index contributed by atoms with van der Waals surface area (Å²) in [5.41, 5.74) is 0.780. The van der Waals surface area contributed by atoms with Gasteiger partial charge in [-0.15, -0.1) is 0 Å². The lowest BCUT2D eigenvalue weighted by molar-refractivity contribution is -0.134. The molecule has 2 heterocycles. The lowest BCUT2D eigenvalue weighted by Crippen LogP contribution is -2.25. The van der Waals surface area contributed by atoms with Gasteiger partial charge >= 0.3 is 11.9 Å². The molecule has 2 amide bonds.